The van der Waals surface area contributed by atoms with Gasteiger partial charge in [0.25, 0.3) is 0 Å². The lowest BCUT2D eigenvalue weighted by Crippen LogP contribution is -2.02. The summed E-state index contributed by atoms with van der Waals surface area (Å²) in [4.78, 5) is 0. The Balaban J connectivity index is 2.00. The first kappa shape index (κ1) is 16.1. The molecule has 9 heteroatoms. The Hall–Kier alpha value is -2.80. The van der Waals surface area contributed by atoms with Crippen molar-refractivity contribution >= 4 is 34.0 Å². The van der Waals surface area contributed by atoms with Crippen molar-refractivity contribution in [1.29, 1.82) is 5.26 Å². The highest BCUT2D eigenvalue weighted by atomic mass is 32.2. The van der Waals surface area contributed by atoms with Crippen LogP contribution in [0.3, 0.4) is 0 Å². The van der Waals surface area contributed by atoms with E-state index in [9.17, 15) is 14.0 Å². The van der Waals surface area contributed by atoms with Gasteiger partial charge < -0.3 is 20.3 Å². The highest BCUT2D eigenvalue weighted by Gasteiger charge is 2.26. The third kappa shape index (κ3) is 3.57. The van der Waals surface area contributed by atoms with E-state index in [2.05, 4.69) is 26.3 Å². The zero-order valence-electron chi connectivity index (χ0n) is 12.4. The molecule has 4 N–H and O–H groups in total. The van der Waals surface area contributed by atoms with Crippen LogP contribution in [0.5, 0.6) is 0 Å². The summed E-state index contributed by atoms with van der Waals surface area (Å²) in [5, 5.41) is 20.7. The van der Waals surface area contributed by atoms with Crippen LogP contribution < -0.4 is 15.8 Å². The second kappa shape index (κ2) is 6.76. The number of nitrogens with one attached hydrogen (secondary N) is 2. The van der Waals surface area contributed by atoms with E-state index in [1.807, 2.05) is 6.07 Å². The Morgan fingerprint density at radius 3 is 2.83 bits per heavy atom. The highest BCUT2D eigenvalue weighted by Crippen LogP contribution is 2.36. The molecule has 1 aliphatic rings. The molecule has 0 bridgehead atoms. The van der Waals surface area contributed by atoms with Crippen molar-refractivity contribution in [3.8, 4) is 6.07 Å². The topological polar surface area (TPSA) is 149 Å². The Bertz CT molecular complexity index is 873. The molecule has 0 aromatic heterocycles. The first-order chi connectivity index (χ1) is 11.6. The fourth-order valence-corrected chi connectivity index (χ4v) is 2.58. The number of azo groups is 1. The Morgan fingerprint density at radius 1 is 1.38 bits per heavy atom. The van der Waals surface area contributed by atoms with E-state index in [4.69, 9.17) is 5.73 Å². The largest absolute Gasteiger partial charge is 0.755 e. The average Bonchev–Trinajstić information content (AvgIpc) is 3.38. The summed E-state index contributed by atoms with van der Waals surface area (Å²) in [6.45, 7) is 0.821. The van der Waals surface area contributed by atoms with Gasteiger partial charge in [0.15, 0.2) is 0 Å². The molecule has 2 atom stereocenters. The number of nitrogen functional groups attached to an aromatic ring is 1. The van der Waals surface area contributed by atoms with Crippen LogP contribution >= 0.6 is 0 Å². The fraction of sp³-hybridized carbons (Fsp3) is 0.133. The van der Waals surface area contributed by atoms with Crippen molar-refractivity contribution in [3.05, 3.63) is 47.5 Å². The van der Waals surface area contributed by atoms with Crippen molar-refractivity contribution in [1.82, 2.24) is 5.32 Å². The van der Waals surface area contributed by atoms with Crippen LogP contribution in [0, 0.1) is 11.3 Å². The molecule has 0 radical (unpaired) electrons. The number of benzene rings is 2. The molecule has 0 aliphatic carbocycles. The van der Waals surface area contributed by atoms with Gasteiger partial charge in [0.2, 0.25) is 0 Å². The molecular weight excluding hydrogens is 328 g/mol. The molecule has 2 unspecified atom stereocenters. The van der Waals surface area contributed by atoms with Crippen LogP contribution in [0.4, 0.5) is 22.7 Å². The fourth-order valence-electron chi connectivity index (χ4n) is 2.24. The van der Waals surface area contributed by atoms with E-state index in [1.54, 1.807) is 24.3 Å². The number of nitrogens with two attached hydrogens (primary N) is 1. The van der Waals surface area contributed by atoms with Crippen LogP contribution in [0.25, 0.3) is 0 Å². The summed E-state index contributed by atoms with van der Waals surface area (Å²) in [6, 6.07) is 12.2. The van der Waals surface area contributed by atoms with E-state index in [1.165, 1.54) is 6.07 Å². The van der Waals surface area contributed by atoms with E-state index in [0.717, 1.165) is 12.1 Å². The van der Waals surface area contributed by atoms with Crippen molar-refractivity contribution in [2.24, 2.45) is 10.2 Å². The Kier molecular flexibility index (Phi) is 4.52. The van der Waals surface area contributed by atoms with Crippen LogP contribution in [-0.4, -0.2) is 15.3 Å². The number of nitrogens with zero attached hydrogens (tertiary/aromatic N) is 3. The van der Waals surface area contributed by atoms with Gasteiger partial charge in [-0.05, 0) is 29.8 Å². The van der Waals surface area contributed by atoms with Crippen molar-refractivity contribution in [2.75, 3.05) is 17.0 Å². The van der Waals surface area contributed by atoms with Gasteiger partial charge in [-0.2, -0.15) is 5.26 Å². The van der Waals surface area contributed by atoms with Gasteiger partial charge in [0, 0.05) is 29.5 Å². The van der Waals surface area contributed by atoms with Crippen LogP contribution in [0.15, 0.2) is 46.6 Å². The maximum absolute atomic E-state index is 10.9. The second-order valence-corrected chi connectivity index (χ2v) is 5.80. The molecule has 1 fully saturated rings. The maximum Gasteiger partial charge on any atom is 0.110 e. The van der Waals surface area contributed by atoms with E-state index >= 15 is 0 Å². The van der Waals surface area contributed by atoms with Crippen molar-refractivity contribution in [3.63, 3.8) is 0 Å². The lowest BCUT2D eigenvalue weighted by atomic mass is 10.1. The molecule has 1 heterocycles. The minimum Gasteiger partial charge on any atom is -0.755 e. The van der Waals surface area contributed by atoms with Crippen molar-refractivity contribution < 1.29 is 8.76 Å². The predicted molar refractivity (Wildman–Crippen MR) is 89.5 cm³/mol. The maximum atomic E-state index is 10.9. The first-order valence-electron chi connectivity index (χ1n) is 7.02. The van der Waals surface area contributed by atoms with Gasteiger partial charge in [-0.1, -0.05) is 12.1 Å². The smallest absolute Gasteiger partial charge is 0.110 e. The van der Waals surface area contributed by atoms with Crippen LogP contribution in [-0.2, 0) is 11.3 Å². The third-order valence-corrected chi connectivity index (χ3v) is 3.83. The quantitative estimate of drug-likeness (QED) is 0.330. The minimum atomic E-state index is -2.51. The van der Waals surface area contributed by atoms with Gasteiger partial charge >= 0.3 is 0 Å². The molecule has 1 saturated heterocycles. The lowest BCUT2D eigenvalue weighted by Gasteiger charge is -2.11. The summed E-state index contributed by atoms with van der Waals surface area (Å²) >= 11 is -2.51. The van der Waals surface area contributed by atoms with Gasteiger partial charge in [0.1, 0.15) is 17.4 Å². The minimum absolute atomic E-state index is 0.158. The number of hydrogen-bond acceptors (Lipinski definition) is 7. The zero-order valence-corrected chi connectivity index (χ0v) is 13.2. The molecule has 24 heavy (non-hydrogen) atoms. The summed E-state index contributed by atoms with van der Waals surface area (Å²) in [5.41, 5.74) is 8.33. The van der Waals surface area contributed by atoms with Crippen LogP contribution in [0.1, 0.15) is 17.2 Å². The Morgan fingerprint density at radius 2 is 2.17 bits per heavy atom. The molecule has 0 amide bonds. The van der Waals surface area contributed by atoms with Gasteiger partial charge in [-0.3, -0.25) is 4.21 Å². The third-order valence-electron chi connectivity index (χ3n) is 3.44. The zero-order chi connectivity index (χ0) is 17.1. The van der Waals surface area contributed by atoms with Gasteiger partial charge in [-0.15, -0.1) is 10.2 Å². The van der Waals surface area contributed by atoms with E-state index < -0.39 is 11.3 Å². The highest BCUT2D eigenvalue weighted by molar-refractivity contribution is 7.80. The van der Waals surface area contributed by atoms with E-state index in [-0.39, 0.29) is 11.7 Å². The number of hydrogen-bond donors (Lipinski definition) is 3. The summed E-state index contributed by atoms with van der Waals surface area (Å²) < 4.78 is 24.0. The molecule has 8 nitrogen and oxygen atoms in total. The number of anilines is 2. The summed E-state index contributed by atoms with van der Waals surface area (Å²) in [6.07, 6.45) is 0. The predicted octanol–water partition coefficient (Wildman–Crippen LogP) is 2.41. The number of rotatable bonds is 5. The van der Waals surface area contributed by atoms with Gasteiger partial charge in [0.05, 0.1) is 11.3 Å². The molecule has 0 saturated carbocycles. The normalized spacial score (nSPS) is 17.4. The monoisotopic (exact) mass is 341 g/mol. The molecule has 3 rings (SSSR count). The second-order valence-electron chi connectivity index (χ2n) is 5.13. The summed E-state index contributed by atoms with van der Waals surface area (Å²) in [7, 11) is 0. The number of nitriles is 1. The molecule has 2 aromatic carbocycles. The van der Waals surface area contributed by atoms with Crippen LogP contribution in [0.2, 0.25) is 0 Å². The molecule has 2 aromatic rings. The molecule has 0 spiro atoms. The van der Waals surface area contributed by atoms with Crippen molar-refractivity contribution in [2.45, 2.75) is 6.04 Å². The average molecular weight is 341 g/mol. The SMILES string of the molecule is N#Cc1cccc(C2CN2)c1N=Nc1ccc(N)cc1NS(=O)[O-]. The van der Waals surface area contributed by atoms with Gasteiger partial charge in [-0.25, -0.2) is 0 Å². The lowest BCUT2D eigenvalue weighted by molar-refractivity contribution is 0.542. The molecule has 1 aliphatic heterocycles. The van der Waals surface area contributed by atoms with E-state index in [0.29, 0.717) is 22.6 Å². The summed E-state index contributed by atoms with van der Waals surface area (Å²) in [5.74, 6) is 0. The standard InChI is InChI=1S/C15H14N6O2S/c16-7-9-2-1-3-11(14-8-18-14)15(9)20-19-12-5-4-10(17)6-13(12)21-24(22)23/h1-6,14,18,21H,8,17H2,(H,22,23)/p-1. The Labute approximate surface area is 140 Å². The first-order valence-corrected chi connectivity index (χ1v) is 8.09. The molecular formula is C15H13N6O2S-. The molecule has 122 valence electrons.